The standard InChI is InChI=1S/C12H15ClFN/c1-8-5-6-9(14)11(12(8)13)10-4-2-3-7-15-10/h5-6,10,15H,2-4,7H2,1H3/t10-/m0/s1. The van der Waals surface area contributed by atoms with Gasteiger partial charge in [0.1, 0.15) is 5.82 Å². The Morgan fingerprint density at radius 3 is 2.87 bits per heavy atom. The van der Waals surface area contributed by atoms with Crippen LogP contribution in [-0.2, 0) is 0 Å². The highest BCUT2D eigenvalue weighted by molar-refractivity contribution is 6.32. The number of nitrogens with one attached hydrogen (secondary N) is 1. The Kier molecular flexibility index (Phi) is 3.27. The second-order valence-corrected chi connectivity index (χ2v) is 4.47. The summed E-state index contributed by atoms with van der Waals surface area (Å²) < 4.78 is 13.7. The van der Waals surface area contributed by atoms with Crippen molar-refractivity contribution in [2.75, 3.05) is 6.54 Å². The van der Waals surface area contributed by atoms with Gasteiger partial charge >= 0.3 is 0 Å². The van der Waals surface area contributed by atoms with Gasteiger partial charge in [-0.15, -0.1) is 0 Å². The summed E-state index contributed by atoms with van der Waals surface area (Å²) in [5.41, 5.74) is 1.59. The van der Waals surface area contributed by atoms with Crippen molar-refractivity contribution < 1.29 is 4.39 Å². The third kappa shape index (κ3) is 2.16. The van der Waals surface area contributed by atoms with Crippen LogP contribution in [-0.4, -0.2) is 6.54 Å². The van der Waals surface area contributed by atoms with Crippen molar-refractivity contribution in [2.45, 2.75) is 32.2 Å². The lowest BCUT2D eigenvalue weighted by Gasteiger charge is -2.25. The van der Waals surface area contributed by atoms with E-state index in [1.165, 1.54) is 12.5 Å². The van der Waals surface area contributed by atoms with Gasteiger partial charge in [0.2, 0.25) is 0 Å². The van der Waals surface area contributed by atoms with Crippen LogP contribution in [0.3, 0.4) is 0 Å². The van der Waals surface area contributed by atoms with E-state index >= 15 is 0 Å². The normalized spacial score (nSPS) is 21.7. The Balaban J connectivity index is 2.36. The number of benzene rings is 1. The molecule has 0 aliphatic carbocycles. The minimum Gasteiger partial charge on any atom is -0.310 e. The Bertz CT molecular complexity index is 359. The number of hydrogen-bond acceptors (Lipinski definition) is 1. The van der Waals surface area contributed by atoms with E-state index in [0.29, 0.717) is 10.6 Å². The Morgan fingerprint density at radius 1 is 1.40 bits per heavy atom. The monoisotopic (exact) mass is 227 g/mol. The fraction of sp³-hybridized carbons (Fsp3) is 0.500. The molecule has 1 aliphatic heterocycles. The molecule has 0 radical (unpaired) electrons. The van der Waals surface area contributed by atoms with Gasteiger partial charge in [0.15, 0.2) is 0 Å². The first-order valence-electron chi connectivity index (χ1n) is 5.38. The summed E-state index contributed by atoms with van der Waals surface area (Å²) in [6, 6.07) is 3.32. The zero-order valence-electron chi connectivity index (χ0n) is 8.82. The lowest BCUT2D eigenvalue weighted by Crippen LogP contribution is -2.27. The van der Waals surface area contributed by atoms with Crippen LogP contribution in [0.25, 0.3) is 0 Å². The second kappa shape index (κ2) is 4.50. The van der Waals surface area contributed by atoms with Crippen molar-refractivity contribution in [1.29, 1.82) is 0 Å². The molecule has 82 valence electrons. The van der Waals surface area contributed by atoms with Crippen LogP contribution in [0.4, 0.5) is 4.39 Å². The molecular weight excluding hydrogens is 213 g/mol. The first-order chi connectivity index (χ1) is 7.20. The van der Waals surface area contributed by atoms with E-state index in [4.69, 9.17) is 11.6 Å². The molecule has 1 nitrogen and oxygen atoms in total. The predicted molar refractivity (Wildman–Crippen MR) is 60.7 cm³/mol. The molecule has 0 spiro atoms. The molecule has 1 saturated heterocycles. The lowest BCUT2D eigenvalue weighted by atomic mass is 9.96. The molecule has 1 fully saturated rings. The molecule has 0 amide bonds. The van der Waals surface area contributed by atoms with Gasteiger partial charge < -0.3 is 5.32 Å². The van der Waals surface area contributed by atoms with E-state index in [1.54, 1.807) is 6.07 Å². The molecule has 1 heterocycles. The maximum absolute atomic E-state index is 13.7. The summed E-state index contributed by atoms with van der Waals surface area (Å²) in [6.07, 6.45) is 3.28. The first-order valence-corrected chi connectivity index (χ1v) is 5.76. The summed E-state index contributed by atoms with van der Waals surface area (Å²) in [7, 11) is 0. The van der Waals surface area contributed by atoms with Crippen LogP contribution in [0.1, 0.15) is 36.4 Å². The quantitative estimate of drug-likeness (QED) is 0.773. The average Bonchev–Trinajstić information content (AvgIpc) is 2.26. The SMILES string of the molecule is Cc1ccc(F)c([C@@H]2CCCCN2)c1Cl. The molecule has 1 N–H and O–H groups in total. The van der Waals surface area contributed by atoms with Gasteiger partial charge in [-0.05, 0) is 37.9 Å². The number of rotatable bonds is 1. The molecule has 1 aromatic rings. The fourth-order valence-corrected chi connectivity index (χ4v) is 2.38. The summed E-state index contributed by atoms with van der Waals surface area (Å²) >= 11 is 6.15. The van der Waals surface area contributed by atoms with Crippen molar-refractivity contribution in [3.05, 3.63) is 34.1 Å². The van der Waals surface area contributed by atoms with E-state index in [0.717, 1.165) is 24.9 Å². The molecule has 0 unspecified atom stereocenters. The molecule has 1 atom stereocenters. The van der Waals surface area contributed by atoms with E-state index in [2.05, 4.69) is 5.32 Å². The highest BCUT2D eigenvalue weighted by atomic mass is 35.5. The first kappa shape index (κ1) is 10.9. The van der Waals surface area contributed by atoms with E-state index in [9.17, 15) is 4.39 Å². The Hall–Kier alpha value is -0.600. The molecule has 3 heteroatoms. The van der Waals surface area contributed by atoms with Crippen molar-refractivity contribution in [3.63, 3.8) is 0 Å². The zero-order chi connectivity index (χ0) is 10.8. The fourth-order valence-electron chi connectivity index (χ4n) is 2.10. The van der Waals surface area contributed by atoms with Gasteiger partial charge in [0, 0.05) is 11.6 Å². The number of halogens is 2. The smallest absolute Gasteiger partial charge is 0.129 e. The third-order valence-electron chi connectivity index (χ3n) is 2.98. The van der Waals surface area contributed by atoms with Gasteiger partial charge in [-0.1, -0.05) is 24.1 Å². The van der Waals surface area contributed by atoms with Gasteiger partial charge in [0.05, 0.1) is 5.02 Å². The molecule has 15 heavy (non-hydrogen) atoms. The molecule has 0 saturated carbocycles. The molecular formula is C12H15ClFN. The van der Waals surface area contributed by atoms with Gasteiger partial charge in [-0.25, -0.2) is 4.39 Å². The van der Waals surface area contributed by atoms with E-state index in [-0.39, 0.29) is 11.9 Å². The summed E-state index contributed by atoms with van der Waals surface area (Å²) in [4.78, 5) is 0. The van der Waals surface area contributed by atoms with Crippen molar-refractivity contribution >= 4 is 11.6 Å². The number of aryl methyl sites for hydroxylation is 1. The largest absolute Gasteiger partial charge is 0.310 e. The predicted octanol–water partition coefficient (Wildman–Crippen LogP) is 3.60. The van der Waals surface area contributed by atoms with Crippen LogP contribution < -0.4 is 5.32 Å². The summed E-state index contributed by atoms with van der Waals surface area (Å²) in [6.45, 7) is 2.86. The number of piperidine rings is 1. The highest BCUT2D eigenvalue weighted by Gasteiger charge is 2.21. The van der Waals surface area contributed by atoms with Crippen molar-refractivity contribution in [1.82, 2.24) is 5.32 Å². The van der Waals surface area contributed by atoms with Gasteiger partial charge in [-0.3, -0.25) is 0 Å². The third-order valence-corrected chi connectivity index (χ3v) is 3.48. The Labute approximate surface area is 94.6 Å². The molecule has 0 aromatic heterocycles. The minimum atomic E-state index is -0.190. The molecule has 1 aromatic carbocycles. The lowest BCUT2D eigenvalue weighted by molar-refractivity contribution is 0.400. The van der Waals surface area contributed by atoms with E-state index in [1.807, 2.05) is 6.92 Å². The average molecular weight is 228 g/mol. The maximum Gasteiger partial charge on any atom is 0.129 e. The van der Waals surface area contributed by atoms with Crippen LogP contribution >= 0.6 is 11.6 Å². The zero-order valence-corrected chi connectivity index (χ0v) is 9.57. The topological polar surface area (TPSA) is 12.0 Å². The molecule has 0 bridgehead atoms. The van der Waals surface area contributed by atoms with Crippen LogP contribution in [0.5, 0.6) is 0 Å². The van der Waals surface area contributed by atoms with Crippen LogP contribution in [0, 0.1) is 12.7 Å². The van der Waals surface area contributed by atoms with Crippen LogP contribution in [0.2, 0.25) is 5.02 Å². The summed E-state index contributed by atoms with van der Waals surface area (Å²) in [5.74, 6) is -0.190. The van der Waals surface area contributed by atoms with Crippen LogP contribution in [0.15, 0.2) is 12.1 Å². The minimum absolute atomic E-state index is 0.0890. The molecule has 2 rings (SSSR count). The van der Waals surface area contributed by atoms with Crippen molar-refractivity contribution in [3.8, 4) is 0 Å². The van der Waals surface area contributed by atoms with Gasteiger partial charge in [-0.2, -0.15) is 0 Å². The highest BCUT2D eigenvalue weighted by Crippen LogP contribution is 2.32. The molecule has 1 aliphatic rings. The van der Waals surface area contributed by atoms with E-state index < -0.39 is 0 Å². The Morgan fingerprint density at radius 2 is 2.20 bits per heavy atom. The maximum atomic E-state index is 13.7. The van der Waals surface area contributed by atoms with Crippen molar-refractivity contribution in [2.24, 2.45) is 0 Å². The number of hydrogen-bond donors (Lipinski definition) is 1. The van der Waals surface area contributed by atoms with Gasteiger partial charge in [0.25, 0.3) is 0 Å². The second-order valence-electron chi connectivity index (χ2n) is 4.09. The summed E-state index contributed by atoms with van der Waals surface area (Å²) in [5, 5.41) is 3.90.